The smallest absolute Gasteiger partial charge is 0.0855 e. The molecule has 3 heteroatoms. The van der Waals surface area contributed by atoms with E-state index in [1.165, 1.54) is 0 Å². The fourth-order valence-electron chi connectivity index (χ4n) is 2.32. The Kier molecular flexibility index (Phi) is 4.29. The number of aliphatic imine (C=N–C) groups is 1. The number of hydrogen-bond acceptors (Lipinski definition) is 3. The maximum absolute atomic E-state index is 4.46. The Morgan fingerprint density at radius 1 is 1.21 bits per heavy atom. The van der Waals surface area contributed by atoms with E-state index >= 15 is 0 Å². The molecule has 1 aromatic heterocycles. The van der Waals surface area contributed by atoms with Gasteiger partial charge >= 0.3 is 0 Å². The van der Waals surface area contributed by atoms with Gasteiger partial charge < -0.3 is 4.90 Å². The molecule has 98 valence electrons. The molecule has 2 aromatic rings. The van der Waals surface area contributed by atoms with E-state index in [9.17, 15) is 0 Å². The van der Waals surface area contributed by atoms with Gasteiger partial charge in [0.25, 0.3) is 0 Å². The topological polar surface area (TPSA) is 28.5 Å². The van der Waals surface area contributed by atoms with Gasteiger partial charge in [-0.2, -0.15) is 0 Å². The standard InChI is InChI=1S/C16H19N3/c1-4-15(14-10-7-8-12-18-14)19(3)16-11-6-5-9-13(16)17-2/h5-12,15H,2,4H2,1,3H3. The molecule has 2 rings (SSSR count). The van der Waals surface area contributed by atoms with Crippen LogP contribution in [0.4, 0.5) is 11.4 Å². The summed E-state index contributed by atoms with van der Waals surface area (Å²) in [5, 5.41) is 0. The molecule has 0 aliphatic rings. The third-order valence-corrected chi connectivity index (χ3v) is 3.32. The van der Waals surface area contributed by atoms with Crippen LogP contribution in [-0.2, 0) is 0 Å². The van der Waals surface area contributed by atoms with Crippen LogP contribution in [0.3, 0.4) is 0 Å². The van der Waals surface area contributed by atoms with Crippen molar-refractivity contribution in [1.82, 2.24) is 4.98 Å². The summed E-state index contributed by atoms with van der Waals surface area (Å²) < 4.78 is 0. The quantitative estimate of drug-likeness (QED) is 0.753. The molecule has 0 fully saturated rings. The highest BCUT2D eigenvalue weighted by Gasteiger charge is 2.18. The van der Waals surface area contributed by atoms with Crippen LogP contribution in [0.5, 0.6) is 0 Å². The van der Waals surface area contributed by atoms with Crippen LogP contribution in [0, 0.1) is 0 Å². The Labute approximate surface area is 114 Å². The number of para-hydroxylation sites is 2. The van der Waals surface area contributed by atoms with Crippen molar-refractivity contribution >= 4 is 18.1 Å². The van der Waals surface area contributed by atoms with E-state index in [0.29, 0.717) is 0 Å². The zero-order valence-corrected chi connectivity index (χ0v) is 11.5. The molecule has 0 aliphatic carbocycles. The molecule has 0 spiro atoms. The van der Waals surface area contributed by atoms with Gasteiger partial charge in [0.05, 0.1) is 23.1 Å². The molecule has 0 bridgehead atoms. The Morgan fingerprint density at radius 3 is 2.58 bits per heavy atom. The molecule has 0 radical (unpaired) electrons. The van der Waals surface area contributed by atoms with Crippen molar-refractivity contribution in [1.29, 1.82) is 0 Å². The first-order valence-corrected chi connectivity index (χ1v) is 6.47. The van der Waals surface area contributed by atoms with Crippen LogP contribution in [-0.4, -0.2) is 18.7 Å². The summed E-state index contributed by atoms with van der Waals surface area (Å²) in [6, 6.07) is 14.3. The minimum absolute atomic E-state index is 0.240. The number of benzene rings is 1. The summed E-state index contributed by atoms with van der Waals surface area (Å²) in [6.45, 7) is 5.81. The average Bonchev–Trinajstić information content (AvgIpc) is 2.49. The highest BCUT2D eigenvalue weighted by atomic mass is 15.2. The van der Waals surface area contributed by atoms with Gasteiger partial charge in [-0.1, -0.05) is 25.1 Å². The lowest BCUT2D eigenvalue weighted by molar-refractivity contribution is 0.630. The number of aromatic nitrogens is 1. The third-order valence-electron chi connectivity index (χ3n) is 3.32. The molecule has 0 amide bonds. The lowest BCUT2D eigenvalue weighted by Crippen LogP contribution is -2.24. The Hall–Kier alpha value is -2.16. The molecule has 3 nitrogen and oxygen atoms in total. The van der Waals surface area contributed by atoms with Gasteiger partial charge in [-0.25, -0.2) is 0 Å². The molecular weight excluding hydrogens is 234 g/mol. The number of anilines is 1. The maximum Gasteiger partial charge on any atom is 0.0855 e. The number of rotatable bonds is 5. The molecule has 19 heavy (non-hydrogen) atoms. The largest absolute Gasteiger partial charge is 0.364 e. The fraction of sp³-hybridized carbons (Fsp3) is 0.250. The minimum Gasteiger partial charge on any atom is -0.364 e. The fourth-order valence-corrected chi connectivity index (χ4v) is 2.32. The van der Waals surface area contributed by atoms with Gasteiger partial charge in [0.1, 0.15) is 0 Å². The molecule has 1 aromatic carbocycles. The van der Waals surface area contributed by atoms with Gasteiger partial charge in [0, 0.05) is 13.2 Å². The van der Waals surface area contributed by atoms with E-state index in [1.807, 2.05) is 36.5 Å². The van der Waals surface area contributed by atoms with Crippen molar-refractivity contribution < 1.29 is 0 Å². The van der Waals surface area contributed by atoms with Crippen LogP contribution in [0.1, 0.15) is 25.1 Å². The first kappa shape index (κ1) is 13.3. The van der Waals surface area contributed by atoms with Crippen molar-refractivity contribution in [3.8, 4) is 0 Å². The second kappa shape index (κ2) is 6.14. The number of hydrogen-bond donors (Lipinski definition) is 0. The lowest BCUT2D eigenvalue weighted by Gasteiger charge is -2.29. The second-order valence-electron chi connectivity index (χ2n) is 4.44. The normalized spacial score (nSPS) is 11.9. The molecule has 0 saturated carbocycles. The van der Waals surface area contributed by atoms with Gasteiger partial charge in [-0.05, 0) is 37.4 Å². The van der Waals surface area contributed by atoms with Gasteiger partial charge in [-0.15, -0.1) is 0 Å². The highest BCUT2D eigenvalue weighted by Crippen LogP contribution is 2.33. The molecule has 1 unspecified atom stereocenters. The number of pyridine rings is 1. The summed E-state index contributed by atoms with van der Waals surface area (Å²) in [7, 11) is 2.08. The van der Waals surface area contributed by atoms with Crippen LogP contribution in [0.15, 0.2) is 53.7 Å². The van der Waals surface area contributed by atoms with E-state index in [4.69, 9.17) is 0 Å². The SMILES string of the molecule is C=Nc1ccccc1N(C)C(CC)c1ccccn1. The van der Waals surface area contributed by atoms with E-state index in [1.54, 1.807) is 0 Å². The van der Waals surface area contributed by atoms with Crippen LogP contribution in [0.2, 0.25) is 0 Å². The summed E-state index contributed by atoms with van der Waals surface area (Å²) >= 11 is 0. The molecule has 1 atom stereocenters. The second-order valence-corrected chi connectivity index (χ2v) is 4.44. The summed E-state index contributed by atoms with van der Waals surface area (Å²) in [5.41, 5.74) is 3.06. The van der Waals surface area contributed by atoms with Crippen LogP contribution < -0.4 is 4.90 Å². The van der Waals surface area contributed by atoms with Crippen LogP contribution >= 0.6 is 0 Å². The van der Waals surface area contributed by atoms with E-state index in [2.05, 4.69) is 47.7 Å². The predicted molar refractivity (Wildman–Crippen MR) is 81.3 cm³/mol. The van der Waals surface area contributed by atoms with Gasteiger partial charge in [0.15, 0.2) is 0 Å². The summed E-state index contributed by atoms with van der Waals surface area (Å²) in [6.07, 6.45) is 2.82. The van der Waals surface area contributed by atoms with Gasteiger partial charge in [-0.3, -0.25) is 9.98 Å². The molecule has 0 aliphatic heterocycles. The first-order chi connectivity index (χ1) is 9.27. The molecule has 0 N–H and O–H groups in total. The van der Waals surface area contributed by atoms with E-state index < -0.39 is 0 Å². The van der Waals surface area contributed by atoms with Crippen molar-refractivity contribution in [3.63, 3.8) is 0 Å². The predicted octanol–water partition coefficient (Wildman–Crippen LogP) is 4.00. The highest BCUT2D eigenvalue weighted by molar-refractivity contribution is 5.69. The average molecular weight is 253 g/mol. The van der Waals surface area contributed by atoms with E-state index in [-0.39, 0.29) is 6.04 Å². The molecular formula is C16H19N3. The third kappa shape index (κ3) is 2.81. The van der Waals surface area contributed by atoms with Gasteiger partial charge in [0.2, 0.25) is 0 Å². The lowest BCUT2D eigenvalue weighted by atomic mass is 10.1. The zero-order chi connectivity index (χ0) is 13.7. The summed E-state index contributed by atoms with van der Waals surface area (Å²) in [4.78, 5) is 10.8. The van der Waals surface area contributed by atoms with Crippen molar-refractivity contribution in [2.75, 3.05) is 11.9 Å². The zero-order valence-electron chi connectivity index (χ0n) is 11.5. The van der Waals surface area contributed by atoms with Crippen LogP contribution in [0.25, 0.3) is 0 Å². The van der Waals surface area contributed by atoms with Crippen molar-refractivity contribution in [2.45, 2.75) is 19.4 Å². The minimum atomic E-state index is 0.240. The number of nitrogens with zero attached hydrogens (tertiary/aromatic N) is 3. The van der Waals surface area contributed by atoms with Crippen molar-refractivity contribution in [3.05, 3.63) is 54.4 Å². The molecule has 0 saturated heterocycles. The monoisotopic (exact) mass is 253 g/mol. The Bertz CT molecular complexity index is 537. The maximum atomic E-state index is 4.46. The Morgan fingerprint density at radius 2 is 1.95 bits per heavy atom. The van der Waals surface area contributed by atoms with Crippen molar-refractivity contribution in [2.24, 2.45) is 4.99 Å². The van der Waals surface area contributed by atoms with E-state index in [0.717, 1.165) is 23.5 Å². The Balaban J connectivity index is 2.36. The molecule has 1 heterocycles. The first-order valence-electron chi connectivity index (χ1n) is 6.47. The summed E-state index contributed by atoms with van der Waals surface area (Å²) in [5.74, 6) is 0.